The highest BCUT2D eigenvalue weighted by Gasteiger charge is 2.19. The minimum Gasteiger partial charge on any atom is -0.342 e. The van der Waals surface area contributed by atoms with Crippen LogP contribution in [0.1, 0.15) is 55.6 Å². The van der Waals surface area contributed by atoms with Crippen LogP contribution in [0.25, 0.3) is 0 Å². The van der Waals surface area contributed by atoms with Crippen molar-refractivity contribution >= 4 is 17.2 Å². The molecule has 2 aromatic rings. The molecule has 6 heteroatoms. The number of hydrogen-bond acceptors (Lipinski definition) is 4. The Kier molecular flexibility index (Phi) is 6.01. The molecule has 1 fully saturated rings. The van der Waals surface area contributed by atoms with Gasteiger partial charge in [-0.15, -0.1) is 11.3 Å². The zero-order valence-electron chi connectivity index (χ0n) is 14.4. The Hall–Kier alpha value is -1.69. The molecule has 0 radical (unpaired) electrons. The van der Waals surface area contributed by atoms with E-state index >= 15 is 0 Å². The average Bonchev–Trinajstić information content (AvgIpc) is 3.22. The summed E-state index contributed by atoms with van der Waals surface area (Å²) in [7, 11) is 0. The van der Waals surface area contributed by atoms with Gasteiger partial charge in [0.1, 0.15) is 5.82 Å². The monoisotopic (exact) mass is 346 g/mol. The van der Waals surface area contributed by atoms with E-state index < -0.39 is 0 Å². The predicted molar refractivity (Wildman–Crippen MR) is 96.2 cm³/mol. The summed E-state index contributed by atoms with van der Waals surface area (Å²) in [6, 6.07) is 4.19. The van der Waals surface area contributed by atoms with Crippen LogP contribution in [0.5, 0.6) is 0 Å². The van der Waals surface area contributed by atoms with E-state index in [1.807, 2.05) is 4.90 Å². The van der Waals surface area contributed by atoms with Crippen LogP contribution in [0, 0.1) is 0 Å². The van der Waals surface area contributed by atoms with Gasteiger partial charge in [0.15, 0.2) is 5.82 Å². The fraction of sp³-hybridized carbons (Fsp3) is 0.611. The number of aromatic nitrogens is 3. The van der Waals surface area contributed by atoms with Gasteiger partial charge in [0.2, 0.25) is 5.91 Å². The highest BCUT2D eigenvalue weighted by molar-refractivity contribution is 7.09. The van der Waals surface area contributed by atoms with Crippen LogP contribution in [0.4, 0.5) is 0 Å². The van der Waals surface area contributed by atoms with Gasteiger partial charge < -0.3 is 4.90 Å². The molecule has 1 aliphatic rings. The van der Waals surface area contributed by atoms with E-state index in [4.69, 9.17) is 10.1 Å². The molecule has 5 nitrogen and oxygen atoms in total. The quantitative estimate of drug-likeness (QED) is 0.737. The van der Waals surface area contributed by atoms with Crippen molar-refractivity contribution in [3.63, 3.8) is 0 Å². The highest BCUT2D eigenvalue weighted by atomic mass is 32.1. The zero-order chi connectivity index (χ0) is 16.8. The first-order chi connectivity index (χ1) is 11.8. The van der Waals surface area contributed by atoms with E-state index in [0.717, 1.165) is 69.8 Å². The Bertz CT molecular complexity index is 650. The molecule has 24 heavy (non-hydrogen) atoms. The Morgan fingerprint density at radius 3 is 2.96 bits per heavy atom. The van der Waals surface area contributed by atoms with Gasteiger partial charge in [0, 0.05) is 43.8 Å². The predicted octanol–water partition coefficient (Wildman–Crippen LogP) is 3.29. The molecule has 0 bridgehead atoms. The first-order valence-corrected chi connectivity index (χ1v) is 9.87. The highest BCUT2D eigenvalue weighted by Crippen LogP contribution is 2.15. The molecule has 1 saturated heterocycles. The fourth-order valence-corrected chi connectivity index (χ4v) is 3.78. The molecular formula is C18H26N4OS. The van der Waals surface area contributed by atoms with Crippen molar-refractivity contribution in [3.05, 3.63) is 34.0 Å². The topological polar surface area (TPSA) is 51.0 Å². The summed E-state index contributed by atoms with van der Waals surface area (Å²) in [4.78, 5) is 20.0. The second-order valence-electron chi connectivity index (χ2n) is 6.36. The Morgan fingerprint density at radius 1 is 1.29 bits per heavy atom. The van der Waals surface area contributed by atoms with E-state index in [1.165, 1.54) is 4.88 Å². The van der Waals surface area contributed by atoms with Crippen molar-refractivity contribution in [2.45, 2.75) is 58.4 Å². The third kappa shape index (κ3) is 4.44. The molecular weight excluding hydrogens is 320 g/mol. The smallest absolute Gasteiger partial charge is 0.222 e. The van der Waals surface area contributed by atoms with Crippen LogP contribution in [-0.4, -0.2) is 38.7 Å². The molecule has 3 rings (SSSR count). The van der Waals surface area contributed by atoms with E-state index in [1.54, 1.807) is 11.3 Å². The van der Waals surface area contributed by atoms with Crippen molar-refractivity contribution in [1.29, 1.82) is 0 Å². The molecule has 0 spiro atoms. The third-order valence-corrected chi connectivity index (χ3v) is 5.33. The van der Waals surface area contributed by atoms with Crippen LogP contribution in [0.3, 0.4) is 0 Å². The van der Waals surface area contributed by atoms with Crippen molar-refractivity contribution in [2.75, 3.05) is 13.1 Å². The maximum Gasteiger partial charge on any atom is 0.222 e. The molecule has 1 amide bonds. The van der Waals surface area contributed by atoms with E-state index in [2.05, 4.69) is 29.1 Å². The number of hydrogen-bond donors (Lipinski definition) is 0. The van der Waals surface area contributed by atoms with Gasteiger partial charge in [-0.1, -0.05) is 19.4 Å². The molecule has 0 N–H and O–H groups in total. The third-order valence-electron chi connectivity index (χ3n) is 4.45. The minimum atomic E-state index is 0.291. The molecule has 130 valence electrons. The van der Waals surface area contributed by atoms with E-state index in [0.29, 0.717) is 12.3 Å². The number of carbonyl (C=O) groups is 1. The van der Waals surface area contributed by atoms with Gasteiger partial charge in [-0.2, -0.15) is 5.10 Å². The lowest BCUT2D eigenvalue weighted by atomic mass is 10.1. The van der Waals surface area contributed by atoms with Crippen LogP contribution in [0.15, 0.2) is 17.5 Å². The second kappa shape index (κ2) is 8.42. The van der Waals surface area contributed by atoms with Crippen molar-refractivity contribution in [2.24, 2.45) is 0 Å². The van der Waals surface area contributed by atoms with Crippen molar-refractivity contribution in [3.8, 4) is 0 Å². The van der Waals surface area contributed by atoms with Gasteiger partial charge in [-0.3, -0.25) is 4.79 Å². The van der Waals surface area contributed by atoms with Gasteiger partial charge in [0.25, 0.3) is 0 Å². The molecule has 0 aliphatic carbocycles. The molecule has 0 aromatic carbocycles. The Labute approximate surface area is 147 Å². The fourth-order valence-electron chi connectivity index (χ4n) is 3.08. The minimum absolute atomic E-state index is 0.291. The number of nitrogens with zero attached hydrogens (tertiary/aromatic N) is 4. The number of amides is 1. The molecule has 2 aromatic heterocycles. The number of likely N-dealkylation sites (tertiary alicyclic amines) is 1. The van der Waals surface area contributed by atoms with Crippen molar-refractivity contribution in [1.82, 2.24) is 19.7 Å². The number of carbonyl (C=O) groups excluding carboxylic acids is 1. The largest absolute Gasteiger partial charge is 0.342 e. The lowest BCUT2D eigenvalue weighted by Gasteiger charge is -2.26. The number of piperidine rings is 1. The van der Waals surface area contributed by atoms with Gasteiger partial charge in [-0.05, 0) is 30.7 Å². The van der Waals surface area contributed by atoms with Crippen LogP contribution >= 0.6 is 11.3 Å². The standard InChI is InChI=1S/C18H26N4OS/c1-2-3-11-22-17(9-12-21-10-5-4-8-18(21)23)19-16(20-22)14-15-7-6-13-24-15/h6-7,13H,2-5,8-12,14H2,1H3. The first kappa shape index (κ1) is 17.1. The normalized spacial score (nSPS) is 15.2. The van der Waals surface area contributed by atoms with Gasteiger partial charge in [-0.25, -0.2) is 9.67 Å². The molecule has 0 saturated carbocycles. The van der Waals surface area contributed by atoms with E-state index in [-0.39, 0.29) is 0 Å². The summed E-state index contributed by atoms with van der Waals surface area (Å²) in [6.45, 7) is 4.76. The number of rotatable bonds is 8. The van der Waals surface area contributed by atoms with Crippen LogP contribution < -0.4 is 0 Å². The lowest BCUT2D eigenvalue weighted by molar-refractivity contribution is -0.133. The Morgan fingerprint density at radius 2 is 2.21 bits per heavy atom. The zero-order valence-corrected chi connectivity index (χ0v) is 15.2. The average molecular weight is 347 g/mol. The number of thiophene rings is 1. The maximum atomic E-state index is 12.0. The SMILES string of the molecule is CCCCn1nc(Cc2cccs2)nc1CCN1CCCCC1=O. The summed E-state index contributed by atoms with van der Waals surface area (Å²) in [6.07, 6.45) is 6.71. The summed E-state index contributed by atoms with van der Waals surface area (Å²) in [5, 5.41) is 6.80. The number of aryl methyl sites for hydroxylation is 1. The lowest BCUT2D eigenvalue weighted by Crippen LogP contribution is -2.37. The van der Waals surface area contributed by atoms with Gasteiger partial charge >= 0.3 is 0 Å². The van der Waals surface area contributed by atoms with Crippen molar-refractivity contribution < 1.29 is 4.79 Å². The maximum absolute atomic E-state index is 12.0. The summed E-state index contributed by atoms with van der Waals surface area (Å²) < 4.78 is 2.06. The number of unbranched alkanes of at least 4 members (excludes halogenated alkanes) is 1. The second-order valence-corrected chi connectivity index (χ2v) is 7.40. The summed E-state index contributed by atoms with van der Waals surface area (Å²) >= 11 is 1.74. The van der Waals surface area contributed by atoms with Crippen LogP contribution in [-0.2, 0) is 24.2 Å². The first-order valence-electron chi connectivity index (χ1n) is 8.99. The molecule has 1 aliphatic heterocycles. The molecule has 0 atom stereocenters. The summed E-state index contributed by atoms with van der Waals surface area (Å²) in [5.41, 5.74) is 0. The summed E-state index contributed by atoms with van der Waals surface area (Å²) in [5.74, 6) is 2.21. The molecule has 0 unspecified atom stereocenters. The van der Waals surface area contributed by atoms with E-state index in [9.17, 15) is 4.79 Å². The van der Waals surface area contributed by atoms with Crippen LogP contribution in [0.2, 0.25) is 0 Å². The van der Waals surface area contributed by atoms with Gasteiger partial charge in [0.05, 0.1) is 0 Å². The Balaban J connectivity index is 1.67. The molecule has 3 heterocycles.